The van der Waals surface area contributed by atoms with Gasteiger partial charge in [-0.3, -0.25) is 0 Å². The van der Waals surface area contributed by atoms with Gasteiger partial charge in [-0.1, -0.05) is 133 Å². The zero-order valence-corrected chi connectivity index (χ0v) is 28.4. The highest BCUT2D eigenvalue weighted by molar-refractivity contribution is 6.30. The molecule has 3 heterocycles. The average molecular weight is 677 g/mol. The highest BCUT2D eigenvalue weighted by Gasteiger charge is 2.25. The van der Waals surface area contributed by atoms with Gasteiger partial charge < -0.3 is 13.3 Å². The summed E-state index contributed by atoms with van der Waals surface area (Å²) in [5.74, 6) is 0. The summed E-state index contributed by atoms with van der Waals surface area (Å²) in [5, 5.41) is 12.5. The van der Waals surface area contributed by atoms with Gasteiger partial charge in [-0.05, 0) is 79.3 Å². The second-order valence-electron chi connectivity index (χ2n) is 13.9. The van der Waals surface area contributed by atoms with E-state index < -0.39 is 0 Å². The van der Waals surface area contributed by atoms with Crippen molar-refractivity contribution in [3.8, 4) is 33.4 Å². The lowest BCUT2D eigenvalue weighted by Crippen LogP contribution is -1.91. The Bertz CT molecular complexity index is 3400. The summed E-state index contributed by atoms with van der Waals surface area (Å²) >= 11 is 0. The van der Waals surface area contributed by atoms with E-state index in [1.165, 1.54) is 16.3 Å². The summed E-state index contributed by atoms with van der Waals surface area (Å²) < 4.78 is 19.9. The van der Waals surface area contributed by atoms with Crippen molar-refractivity contribution >= 4 is 87.2 Å². The van der Waals surface area contributed by atoms with Gasteiger partial charge in [0.05, 0.1) is 6.26 Å². The van der Waals surface area contributed by atoms with Crippen molar-refractivity contribution in [3.63, 3.8) is 0 Å². The van der Waals surface area contributed by atoms with Gasteiger partial charge in [0.2, 0.25) is 0 Å². The van der Waals surface area contributed by atoms with Crippen LogP contribution in [0, 0.1) is 0 Å². The Morgan fingerprint density at radius 1 is 0.321 bits per heavy atom. The number of furan rings is 3. The number of hydrogen-bond donors (Lipinski definition) is 0. The first-order chi connectivity index (χ1) is 26.3. The van der Waals surface area contributed by atoms with Crippen LogP contribution in [-0.4, -0.2) is 0 Å². The van der Waals surface area contributed by atoms with Crippen molar-refractivity contribution in [2.75, 3.05) is 0 Å². The molecular formula is C50H28O3. The number of hydrogen-bond acceptors (Lipinski definition) is 3. The highest BCUT2D eigenvalue weighted by Crippen LogP contribution is 2.50. The lowest BCUT2D eigenvalue weighted by Gasteiger charge is -2.18. The summed E-state index contributed by atoms with van der Waals surface area (Å²) in [6, 6.07) is 57.9. The fourth-order valence-corrected chi connectivity index (χ4v) is 8.88. The zero-order chi connectivity index (χ0) is 34.6. The van der Waals surface area contributed by atoms with Crippen LogP contribution in [0.15, 0.2) is 183 Å². The predicted molar refractivity (Wildman–Crippen MR) is 220 cm³/mol. The number of rotatable bonds is 3. The number of para-hydroxylation sites is 2. The number of benzene rings is 9. The van der Waals surface area contributed by atoms with Gasteiger partial charge in [0.1, 0.15) is 27.9 Å². The minimum Gasteiger partial charge on any atom is -0.463 e. The molecule has 0 N–H and O–H groups in total. The van der Waals surface area contributed by atoms with E-state index in [2.05, 4.69) is 146 Å². The number of fused-ring (bicyclic) bond motifs is 11. The molecule has 0 unspecified atom stereocenters. The minimum atomic E-state index is 0.837. The SMILES string of the molecule is c1ccc2c(-c3coc4c(-c5c6ccccc6c(-c6ccc7c(c6)oc6ccccc67)c6ccccc56)cc5oc6ccccc6c5c34)cccc2c1. The van der Waals surface area contributed by atoms with E-state index in [-0.39, 0.29) is 0 Å². The maximum absolute atomic E-state index is 6.80. The first-order valence-electron chi connectivity index (χ1n) is 18.0. The predicted octanol–water partition coefficient (Wildman–Crippen LogP) is 14.7. The molecule has 12 aromatic rings. The normalized spacial score (nSPS) is 12.2. The van der Waals surface area contributed by atoms with Gasteiger partial charge in [-0.15, -0.1) is 0 Å². The van der Waals surface area contributed by atoms with Crippen LogP contribution in [0.4, 0.5) is 0 Å². The third-order valence-electron chi connectivity index (χ3n) is 11.1. The molecule has 12 rings (SSSR count). The first kappa shape index (κ1) is 28.6. The zero-order valence-electron chi connectivity index (χ0n) is 28.4. The third-order valence-corrected chi connectivity index (χ3v) is 11.1. The van der Waals surface area contributed by atoms with Crippen LogP contribution in [0.1, 0.15) is 0 Å². The van der Waals surface area contributed by atoms with Crippen molar-refractivity contribution in [1.82, 2.24) is 0 Å². The van der Waals surface area contributed by atoms with E-state index in [1.807, 2.05) is 24.5 Å². The Morgan fingerprint density at radius 3 is 1.64 bits per heavy atom. The fourth-order valence-electron chi connectivity index (χ4n) is 8.88. The lowest BCUT2D eigenvalue weighted by atomic mass is 9.85. The Kier molecular flexibility index (Phi) is 5.77. The molecule has 246 valence electrons. The second kappa shape index (κ2) is 10.7. The van der Waals surface area contributed by atoms with Crippen LogP contribution < -0.4 is 0 Å². The Balaban J connectivity index is 1.21. The van der Waals surface area contributed by atoms with E-state index in [0.29, 0.717) is 0 Å². The van der Waals surface area contributed by atoms with Gasteiger partial charge in [-0.25, -0.2) is 0 Å². The summed E-state index contributed by atoms with van der Waals surface area (Å²) in [6.07, 6.45) is 1.94. The van der Waals surface area contributed by atoms with Crippen molar-refractivity contribution in [2.45, 2.75) is 0 Å². The molecule has 53 heavy (non-hydrogen) atoms. The van der Waals surface area contributed by atoms with E-state index in [4.69, 9.17) is 13.3 Å². The Labute approximate surface area is 302 Å². The molecule has 0 saturated heterocycles. The standard InChI is InChI=1S/C50H28O3/c1-2-14-31-29(12-1)13-11-21-32(31)41-28-51-50-40(27-45-48(49(41)50)39-20-8-10-23-43(39)53-45)47-37-18-5-3-16-35(37)46(36-17-4-6-19-38(36)47)30-24-25-34-33-15-7-9-22-42(33)52-44(34)26-30/h1-28H. The smallest absolute Gasteiger partial charge is 0.143 e. The van der Waals surface area contributed by atoms with Crippen molar-refractivity contribution in [2.24, 2.45) is 0 Å². The van der Waals surface area contributed by atoms with Gasteiger partial charge in [-0.2, -0.15) is 0 Å². The molecule has 0 saturated carbocycles. The Morgan fingerprint density at radius 2 is 0.887 bits per heavy atom. The molecule has 0 aliphatic heterocycles. The van der Waals surface area contributed by atoms with Crippen LogP contribution in [0.2, 0.25) is 0 Å². The molecule has 0 fully saturated rings. The van der Waals surface area contributed by atoms with Crippen molar-refractivity contribution in [3.05, 3.63) is 170 Å². The molecule has 0 aliphatic rings. The van der Waals surface area contributed by atoms with Gasteiger partial charge in [0.25, 0.3) is 0 Å². The fraction of sp³-hybridized carbons (Fsp3) is 0. The van der Waals surface area contributed by atoms with Crippen LogP contribution in [0.5, 0.6) is 0 Å². The van der Waals surface area contributed by atoms with Crippen LogP contribution >= 0.6 is 0 Å². The van der Waals surface area contributed by atoms with E-state index in [9.17, 15) is 0 Å². The van der Waals surface area contributed by atoms with Crippen molar-refractivity contribution in [1.29, 1.82) is 0 Å². The molecular weight excluding hydrogens is 649 g/mol. The molecule has 0 amide bonds. The van der Waals surface area contributed by atoms with Crippen molar-refractivity contribution < 1.29 is 13.3 Å². The lowest BCUT2D eigenvalue weighted by molar-refractivity contribution is 0.617. The summed E-state index contributed by atoms with van der Waals surface area (Å²) in [6.45, 7) is 0. The average Bonchev–Trinajstić information content (AvgIpc) is 3.92. The van der Waals surface area contributed by atoms with Gasteiger partial charge in [0, 0.05) is 43.6 Å². The highest BCUT2D eigenvalue weighted by atomic mass is 16.3. The van der Waals surface area contributed by atoms with Crippen LogP contribution in [-0.2, 0) is 0 Å². The Hall–Kier alpha value is -7.10. The van der Waals surface area contributed by atoms with E-state index in [1.54, 1.807) is 0 Å². The quantitative estimate of drug-likeness (QED) is 0.175. The molecule has 0 spiro atoms. The monoisotopic (exact) mass is 676 g/mol. The topological polar surface area (TPSA) is 39.4 Å². The molecule has 3 heteroatoms. The van der Waals surface area contributed by atoms with E-state index in [0.717, 1.165) is 104 Å². The summed E-state index contributed by atoms with van der Waals surface area (Å²) in [5.41, 5.74) is 10.9. The van der Waals surface area contributed by atoms with E-state index >= 15 is 0 Å². The maximum atomic E-state index is 6.80. The molecule has 0 atom stereocenters. The molecule has 0 aliphatic carbocycles. The third kappa shape index (κ3) is 3.99. The van der Waals surface area contributed by atoms with Gasteiger partial charge in [0.15, 0.2) is 0 Å². The minimum absolute atomic E-state index is 0.837. The summed E-state index contributed by atoms with van der Waals surface area (Å²) in [7, 11) is 0. The second-order valence-corrected chi connectivity index (χ2v) is 13.9. The largest absolute Gasteiger partial charge is 0.463 e. The molecule has 3 aromatic heterocycles. The molecule has 0 bridgehead atoms. The molecule has 0 radical (unpaired) electrons. The van der Waals surface area contributed by atoms with Crippen LogP contribution in [0.3, 0.4) is 0 Å². The molecule has 9 aromatic carbocycles. The first-order valence-corrected chi connectivity index (χ1v) is 18.0. The molecule has 3 nitrogen and oxygen atoms in total. The summed E-state index contributed by atoms with van der Waals surface area (Å²) in [4.78, 5) is 0. The van der Waals surface area contributed by atoms with Crippen LogP contribution in [0.25, 0.3) is 121 Å². The maximum Gasteiger partial charge on any atom is 0.143 e. The van der Waals surface area contributed by atoms with Gasteiger partial charge >= 0.3 is 0 Å².